The monoisotopic (exact) mass is 354 g/mol. The molecule has 0 aliphatic carbocycles. The van der Waals surface area contributed by atoms with Crippen molar-refractivity contribution in [2.75, 3.05) is 13.1 Å². The van der Waals surface area contributed by atoms with Gasteiger partial charge in [-0.05, 0) is 61.9 Å². The van der Waals surface area contributed by atoms with E-state index in [4.69, 9.17) is 10.5 Å². The molecule has 1 saturated heterocycles. The summed E-state index contributed by atoms with van der Waals surface area (Å²) in [4.78, 5) is 25.7. The Bertz CT molecular complexity index is 831. The van der Waals surface area contributed by atoms with Crippen molar-refractivity contribution in [3.05, 3.63) is 47.5 Å². The van der Waals surface area contributed by atoms with E-state index < -0.39 is 11.5 Å². The molecule has 0 spiro atoms. The molecule has 3 rings (SSSR count). The van der Waals surface area contributed by atoms with Crippen molar-refractivity contribution in [3.63, 3.8) is 0 Å². The minimum atomic E-state index is -0.477. The number of ether oxygens (including phenoxy) is 1. The van der Waals surface area contributed by atoms with Crippen molar-refractivity contribution in [3.8, 4) is 0 Å². The van der Waals surface area contributed by atoms with Crippen molar-refractivity contribution >= 4 is 22.8 Å². The number of fused-ring (bicyclic) bond motifs is 1. The number of nitrogens with two attached hydrogens (primary N) is 1. The third kappa shape index (κ3) is 3.82. The van der Waals surface area contributed by atoms with E-state index in [2.05, 4.69) is 6.07 Å². The number of primary amides is 1. The smallest absolute Gasteiger partial charge is 0.410 e. The predicted molar refractivity (Wildman–Crippen MR) is 102 cm³/mol. The predicted octanol–water partition coefficient (Wildman–Crippen LogP) is 4.05. The molecule has 2 aromatic rings. The Morgan fingerprint density at radius 3 is 2.27 bits per heavy atom. The summed E-state index contributed by atoms with van der Waals surface area (Å²) in [5.41, 5.74) is 6.80. The van der Waals surface area contributed by atoms with E-state index in [-0.39, 0.29) is 6.09 Å². The zero-order chi connectivity index (χ0) is 18.9. The lowest BCUT2D eigenvalue weighted by atomic mass is 9.85. The molecule has 1 fully saturated rings. The maximum Gasteiger partial charge on any atom is 0.410 e. The number of carbonyl (C=O) groups excluding carboxylic acids is 2. The second kappa shape index (κ2) is 6.98. The zero-order valence-corrected chi connectivity index (χ0v) is 15.6. The molecule has 2 amide bonds. The van der Waals surface area contributed by atoms with Crippen molar-refractivity contribution in [1.29, 1.82) is 0 Å². The van der Waals surface area contributed by atoms with Crippen molar-refractivity contribution in [2.45, 2.75) is 45.1 Å². The summed E-state index contributed by atoms with van der Waals surface area (Å²) in [6.07, 6.45) is 1.50. The Balaban J connectivity index is 1.79. The summed E-state index contributed by atoms with van der Waals surface area (Å²) in [5.74, 6) is -0.0620. The fraction of sp³-hybridized carbons (Fsp3) is 0.429. The largest absolute Gasteiger partial charge is 0.444 e. The van der Waals surface area contributed by atoms with Crippen LogP contribution in [0.1, 0.15) is 55.5 Å². The van der Waals surface area contributed by atoms with Crippen LogP contribution in [0.25, 0.3) is 10.8 Å². The fourth-order valence-electron chi connectivity index (χ4n) is 3.60. The topological polar surface area (TPSA) is 72.6 Å². The highest BCUT2D eigenvalue weighted by atomic mass is 16.6. The molecule has 0 unspecified atom stereocenters. The van der Waals surface area contributed by atoms with Crippen LogP contribution in [0.3, 0.4) is 0 Å². The highest BCUT2D eigenvalue weighted by Crippen LogP contribution is 2.34. The third-order valence-electron chi connectivity index (χ3n) is 4.81. The molecule has 2 N–H and O–H groups in total. The van der Waals surface area contributed by atoms with Crippen LogP contribution in [0.5, 0.6) is 0 Å². The van der Waals surface area contributed by atoms with E-state index >= 15 is 0 Å². The Kier molecular flexibility index (Phi) is 4.90. The van der Waals surface area contributed by atoms with Crippen molar-refractivity contribution in [2.24, 2.45) is 5.73 Å². The lowest BCUT2D eigenvalue weighted by Crippen LogP contribution is -2.41. The van der Waals surface area contributed by atoms with Gasteiger partial charge in [0.15, 0.2) is 0 Å². The van der Waals surface area contributed by atoms with Crippen LogP contribution in [0.4, 0.5) is 4.79 Å². The fourth-order valence-corrected chi connectivity index (χ4v) is 3.60. The maximum absolute atomic E-state index is 12.2. The molecule has 0 saturated carbocycles. The van der Waals surface area contributed by atoms with Crippen LogP contribution >= 0.6 is 0 Å². The number of carbonyl (C=O) groups is 2. The van der Waals surface area contributed by atoms with Crippen LogP contribution in [0.15, 0.2) is 36.4 Å². The second-order valence-corrected chi connectivity index (χ2v) is 7.85. The van der Waals surface area contributed by atoms with Gasteiger partial charge in [0.1, 0.15) is 5.60 Å². The van der Waals surface area contributed by atoms with Gasteiger partial charge in [-0.25, -0.2) is 4.79 Å². The first-order chi connectivity index (χ1) is 12.3. The zero-order valence-electron chi connectivity index (χ0n) is 15.6. The standard InChI is InChI=1S/C21H26N2O3/c1-21(2,3)26-20(25)23-12-10-14(11-13-23)15-6-4-8-17-16(15)7-5-9-18(17)19(22)24/h4-9,14H,10-13H2,1-3H3,(H2,22,24). The van der Waals surface area contributed by atoms with Gasteiger partial charge in [-0.15, -0.1) is 0 Å². The maximum atomic E-state index is 12.2. The van der Waals surface area contributed by atoms with E-state index in [1.165, 1.54) is 5.56 Å². The quantitative estimate of drug-likeness (QED) is 0.884. The summed E-state index contributed by atoms with van der Waals surface area (Å²) >= 11 is 0. The van der Waals surface area contributed by atoms with Crippen molar-refractivity contribution in [1.82, 2.24) is 4.90 Å². The van der Waals surface area contributed by atoms with Crippen LogP contribution in [-0.4, -0.2) is 35.6 Å². The average molecular weight is 354 g/mol. The van der Waals surface area contributed by atoms with E-state index in [1.807, 2.05) is 45.0 Å². The van der Waals surface area contributed by atoms with Gasteiger partial charge in [0.2, 0.25) is 5.91 Å². The Labute approximate surface area is 154 Å². The number of nitrogens with zero attached hydrogens (tertiary/aromatic N) is 1. The molecule has 1 aliphatic rings. The molecule has 5 nitrogen and oxygen atoms in total. The average Bonchev–Trinajstić information content (AvgIpc) is 2.59. The molecule has 5 heteroatoms. The lowest BCUT2D eigenvalue weighted by molar-refractivity contribution is 0.0205. The number of hydrogen-bond acceptors (Lipinski definition) is 3. The highest BCUT2D eigenvalue weighted by Gasteiger charge is 2.28. The molecule has 0 aromatic heterocycles. The first kappa shape index (κ1) is 18.2. The van der Waals surface area contributed by atoms with Gasteiger partial charge < -0.3 is 15.4 Å². The molecule has 2 aromatic carbocycles. The molecular weight excluding hydrogens is 328 g/mol. The van der Waals surface area contributed by atoms with E-state index in [1.54, 1.807) is 11.0 Å². The van der Waals surface area contributed by atoms with E-state index in [0.29, 0.717) is 24.6 Å². The molecule has 0 bridgehead atoms. The number of piperidine rings is 1. The first-order valence-electron chi connectivity index (χ1n) is 9.05. The number of rotatable bonds is 2. The SMILES string of the molecule is CC(C)(C)OC(=O)N1CCC(c2cccc3c(C(N)=O)cccc23)CC1. The Morgan fingerprint density at radius 1 is 1.04 bits per heavy atom. The minimum Gasteiger partial charge on any atom is -0.444 e. The number of benzene rings is 2. The summed E-state index contributed by atoms with van der Waals surface area (Å²) in [7, 11) is 0. The minimum absolute atomic E-state index is 0.245. The van der Waals surface area contributed by atoms with Gasteiger partial charge in [0, 0.05) is 18.7 Å². The van der Waals surface area contributed by atoms with Gasteiger partial charge in [-0.2, -0.15) is 0 Å². The molecular formula is C21H26N2O3. The normalized spacial score (nSPS) is 15.9. The van der Waals surface area contributed by atoms with Gasteiger partial charge in [-0.1, -0.05) is 30.3 Å². The molecule has 1 heterocycles. The van der Waals surface area contributed by atoms with E-state index in [9.17, 15) is 9.59 Å². The Morgan fingerprint density at radius 2 is 1.65 bits per heavy atom. The summed E-state index contributed by atoms with van der Waals surface area (Å²) in [5, 5.41) is 1.96. The highest BCUT2D eigenvalue weighted by molar-refractivity contribution is 6.07. The lowest BCUT2D eigenvalue weighted by Gasteiger charge is -2.34. The van der Waals surface area contributed by atoms with Gasteiger partial charge in [0.25, 0.3) is 0 Å². The molecule has 138 valence electrons. The van der Waals surface area contributed by atoms with Crippen molar-refractivity contribution < 1.29 is 14.3 Å². The van der Waals surface area contributed by atoms with Gasteiger partial charge >= 0.3 is 6.09 Å². The number of amides is 2. The van der Waals surface area contributed by atoms with Gasteiger partial charge in [0.05, 0.1) is 0 Å². The number of likely N-dealkylation sites (tertiary alicyclic amines) is 1. The molecule has 26 heavy (non-hydrogen) atoms. The summed E-state index contributed by atoms with van der Waals surface area (Å²) in [6, 6.07) is 11.7. The van der Waals surface area contributed by atoms with Crippen LogP contribution < -0.4 is 5.73 Å². The molecule has 0 radical (unpaired) electrons. The summed E-state index contributed by atoms with van der Waals surface area (Å²) < 4.78 is 5.47. The molecule has 1 aliphatic heterocycles. The Hall–Kier alpha value is -2.56. The van der Waals surface area contributed by atoms with Crippen LogP contribution in [-0.2, 0) is 4.74 Å². The van der Waals surface area contributed by atoms with Crippen LogP contribution in [0, 0.1) is 0 Å². The third-order valence-corrected chi connectivity index (χ3v) is 4.81. The van der Waals surface area contributed by atoms with Gasteiger partial charge in [-0.3, -0.25) is 4.79 Å². The van der Waals surface area contributed by atoms with Crippen LogP contribution in [0.2, 0.25) is 0 Å². The first-order valence-corrected chi connectivity index (χ1v) is 9.05. The second-order valence-electron chi connectivity index (χ2n) is 7.85. The molecule has 0 atom stereocenters. The summed E-state index contributed by atoms with van der Waals surface area (Å²) in [6.45, 7) is 6.98. The van der Waals surface area contributed by atoms with E-state index in [0.717, 1.165) is 23.6 Å². The number of hydrogen-bond donors (Lipinski definition) is 1.